The molecule has 0 aliphatic heterocycles. The van der Waals surface area contributed by atoms with Gasteiger partial charge in [0.05, 0.1) is 29.2 Å². The third kappa shape index (κ3) is 2.13. The molecule has 0 radical (unpaired) electrons. The fourth-order valence-corrected chi connectivity index (χ4v) is 1.89. The van der Waals surface area contributed by atoms with E-state index in [2.05, 4.69) is 26.3 Å². The first-order valence-electron chi connectivity index (χ1n) is 5.86. The quantitative estimate of drug-likeness (QED) is 0.744. The lowest BCUT2D eigenvalue weighted by atomic mass is 10.2. The molecular formula is C13H12N6. The summed E-state index contributed by atoms with van der Waals surface area (Å²) in [5, 5.41) is 12.0. The van der Waals surface area contributed by atoms with Crippen molar-refractivity contribution >= 4 is 17.0 Å². The Bertz CT molecular complexity index is 761. The highest BCUT2D eigenvalue weighted by atomic mass is 15.1. The summed E-state index contributed by atoms with van der Waals surface area (Å²) in [6.45, 7) is 0.592. The maximum atomic E-state index is 8.85. The Hall–Kier alpha value is -2.81. The Morgan fingerprint density at radius 3 is 3.11 bits per heavy atom. The fraction of sp³-hybridized carbons (Fsp3) is 0.154. The summed E-state index contributed by atoms with van der Waals surface area (Å²) in [5.41, 5.74) is 2.30. The van der Waals surface area contributed by atoms with Crippen LogP contribution in [0.4, 0.5) is 5.95 Å². The zero-order valence-electron chi connectivity index (χ0n) is 10.4. The van der Waals surface area contributed by atoms with Crippen LogP contribution < -0.4 is 5.32 Å². The maximum Gasteiger partial charge on any atom is 0.201 e. The lowest BCUT2D eigenvalue weighted by molar-refractivity contribution is 0.809. The van der Waals surface area contributed by atoms with Gasteiger partial charge in [-0.2, -0.15) is 5.26 Å². The molecule has 6 nitrogen and oxygen atoms in total. The Morgan fingerprint density at radius 2 is 2.37 bits per heavy atom. The largest absolute Gasteiger partial charge is 0.349 e. The number of nitrogens with zero attached hydrogens (tertiary/aromatic N) is 4. The van der Waals surface area contributed by atoms with Crippen LogP contribution in [-0.4, -0.2) is 19.5 Å². The van der Waals surface area contributed by atoms with Crippen molar-refractivity contribution in [2.75, 3.05) is 5.32 Å². The average Bonchev–Trinajstić information content (AvgIpc) is 3.01. The molecule has 0 aliphatic carbocycles. The van der Waals surface area contributed by atoms with Crippen LogP contribution in [0.5, 0.6) is 0 Å². The molecule has 0 amide bonds. The zero-order valence-corrected chi connectivity index (χ0v) is 10.4. The van der Waals surface area contributed by atoms with Crippen molar-refractivity contribution in [1.82, 2.24) is 19.5 Å². The first-order chi connectivity index (χ1) is 9.26. The predicted molar refractivity (Wildman–Crippen MR) is 71.3 cm³/mol. The number of rotatable bonds is 3. The van der Waals surface area contributed by atoms with Crippen LogP contribution in [0.2, 0.25) is 0 Å². The molecular weight excluding hydrogens is 240 g/mol. The smallest absolute Gasteiger partial charge is 0.201 e. The molecule has 0 saturated carbocycles. The fourth-order valence-electron chi connectivity index (χ4n) is 1.89. The molecule has 6 heteroatoms. The van der Waals surface area contributed by atoms with Crippen molar-refractivity contribution in [3.63, 3.8) is 0 Å². The highest BCUT2D eigenvalue weighted by Gasteiger charge is 2.04. The molecule has 0 bridgehead atoms. The molecule has 3 aromatic rings. The summed E-state index contributed by atoms with van der Waals surface area (Å²) in [6, 6.07) is 7.48. The lowest BCUT2D eigenvalue weighted by Gasteiger charge is -2.02. The minimum absolute atomic E-state index is 0.592. The van der Waals surface area contributed by atoms with Crippen LogP contribution in [0.25, 0.3) is 11.0 Å². The summed E-state index contributed by atoms with van der Waals surface area (Å²) in [6.07, 6.45) is 3.66. The summed E-state index contributed by atoms with van der Waals surface area (Å²) in [5.74, 6) is 1.60. The topological polar surface area (TPSA) is 82.3 Å². The Morgan fingerprint density at radius 1 is 1.47 bits per heavy atom. The van der Waals surface area contributed by atoms with E-state index in [9.17, 15) is 0 Å². The first kappa shape index (κ1) is 11.3. The molecule has 0 fully saturated rings. The maximum absolute atomic E-state index is 8.85. The van der Waals surface area contributed by atoms with Crippen molar-refractivity contribution in [1.29, 1.82) is 5.26 Å². The number of aromatic nitrogens is 4. The van der Waals surface area contributed by atoms with E-state index >= 15 is 0 Å². The summed E-state index contributed by atoms with van der Waals surface area (Å²) in [4.78, 5) is 11.8. The number of aromatic amines is 1. The van der Waals surface area contributed by atoms with E-state index in [0.717, 1.165) is 16.9 Å². The van der Waals surface area contributed by atoms with Crippen LogP contribution in [0.1, 0.15) is 11.4 Å². The number of hydrogen-bond donors (Lipinski definition) is 2. The molecule has 2 N–H and O–H groups in total. The van der Waals surface area contributed by atoms with Crippen molar-refractivity contribution in [2.24, 2.45) is 7.05 Å². The summed E-state index contributed by atoms with van der Waals surface area (Å²) < 4.78 is 1.95. The highest BCUT2D eigenvalue weighted by Crippen LogP contribution is 2.16. The molecule has 0 spiro atoms. The predicted octanol–water partition coefficient (Wildman–Crippen LogP) is 1.78. The Labute approximate surface area is 109 Å². The van der Waals surface area contributed by atoms with Crippen molar-refractivity contribution in [2.45, 2.75) is 6.54 Å². The van der Waals surface area contributed by atoms with Crippen LogP contribution in [0.15, 0.2) is 30.6 Å². The Kier molecular flexibility index (Phi) is 2.65. The number of fused-ring (bicyclic) bond motifs is 1. The number of nitrogens with one attached hydrogen (secondary N) is 2. The third-order valence-corrected chi connectivity index (χ3v) is 2.95. The van der Waals surface area contributed by atoms with Gasteiger partial charge in [0, 0.05) is 19.4 Å². The van der Waals surface area contributed by atoms with Gasteiger partial charge >= 0.3 is 0 Å². The highest BCUT2D eigenvalue weighted by molar-refractivity contribution is 5.78. The standard InChI is InChI=1S/C13H12N6/c1-19-5-4-15-12(19)8-16-13-17-10-3-2-9(7-14)6-11(10)18-13/h2-6H,8H2,1H3,(H2,16,17,18). The minimum atomic E-state index is 0.592. The van der Waals surface area contributed by atoms with Crippen LogP contribution in [0, 0.1) is 11.3 Å². The number of hydrogen-bond acceptors (Lipinski definition) is 4. The second kappa shape index (κ2) is 4.46. The van der Waals surface area contributed by atoms with Crippen LogP contribution in [-0.2, 0) is 13.6 Å². The second-order valence-electron chi connectivity index (χ2n) is 4.24. The van der Waals surface area contributed by atoms with E-state index in [4.69, 9.17) is 5.26 Å². The van der Waals surface area contributed by atoms with E-state index in [1.165, 1.54) is 0 Å². The van der Waals surface area contributed by atoms with Gasteiger partial charge in [-0.05, 0) is 18.2 Å². The van der Waals surface area contributed by atoms with Gasteiger partial charge in [-0.1, -0.05) is 0 Å². The van der Waals surface area contributed by atoms with E-state index in [-0.39, 0.29) is 0 Å². The van der Waals surface area contributed by atoms with Gasteiger partial charge in [0.15, 0.2) is 0 Å². The number of aryl methyl sites for hydroxylation is 1. The van der Waals surface area contributed by atoms with E-state index in [1.807, 2.05) is 23.9 Å². The second-order valence-corrected chi connectivity index (χ2v) is 4.24. The van der Waals surface area contributed by atoms with Crippen LogP contribution in [0.3, 0.4) is 0 Å². The zero-order chi connectivity index (χ0) is 13.2. The molecule has 94 valence electrons. The van der Waals surface area contributed by atoms with E-state index in [1.54, 1.807) is 18.3 Å². The molecule has 19 heavy (non-hydrogen) atoms. The van der Waals surface area contributed by atoms with E-state index in [0.29, 0.717) is 18.1 Å². The van der Waals surface area contributed by atoms with Gasteiger partial charge in [0.25, 0.3) is 0 Å². The first-order valence-corrected chi connectivity index (χ1v) is 5.86. The Balaban J connectivity index is 1.82. The molecule has 2 aromatic heterocycles. The van der Waals surface area contributed by atoms with E-state index < -0.39 is 0 Å². The molecule has 0 saturated heterocycles. The number of benzene rings is 1. The molecule has 0 atom stereocenters. The number of nitriles is 1. The average molecular weight is 252 g/mol. The van der Waals surface area contributed by atoms with Gasteiger partial charge in [0.2, 0.25) is 5.95 Å². The lowest BCUT2D eigenvalue weighted by Crippen LogP contribution is -2.06. The van der Waals surface area contributed by atoms with Gasteiger partial charge in [-0.25, -0.2) is 9.97 Å². The van der Waals surface area contributed by atoms with Crippen molar-refractivity contribution in [3.05, 3.63) is 42.0 Å². The molecule has 0 unspecified atom stereocenters. The minimum Gasteiger partial charge on any atom is -0.349 e. The van der Waals surface area contributed by atoms with Gasteiger partial charge in [-0.3, -0.25) is 0 Å². The molecule has 1 aromatic carbocycles. The molecule has 3 rings (SSSR count). The molecule has 0 aliphatic rings. The SMILES string of the molecule is Cn1ccnc1CNc1nc2ccc(C#N)cc2[nH]1. The number of imidazole rings is 2. The van der Waals surface area contributed by atoms with Crippen molar-refractivity contribution < 1.29 is 0 Å². The van der Waals surface area contributed by atoms with Crippen LogP contribution >= 0.6 is 0 Å². The van der Waals surface area contributed by atoms with Gasteiger partial charge in [0.1, 0.15) is 5.82 Å². The number of H-pyrrole nitrogens is 1. The van der Waals surface area contributed by atoms with Crippen molar-refractivity contribution in [3.8, 4) is 6.07 Å². The molecule has 2 heterocycles. The summed E-state index contributed by atoms with van der Waals surface area (Å²) >= 11 is 0. The number of anilines is 1. The normalized spacial score (nSPS) is 10.5. The third-order valence-electron chi connectivity index (χ3n) is 2.95. The monoisotopic (exact) mass is 252 g/mol. The summed E-state index contributed by atoms with van der Waals surface area (Å²) in [7, 11) is 1.95. The van der Waals surface area contributed by atoms with Gasteiger partial charge in [-0.15, -0.1) is 0 Å². The van der Waals surface area contributed by atoms with Gasteiger partial charge < -0.3 is 14.9 Å².